The summed E-state index contributed by atoms with van der Waals surface area (Å²) in [6, 6.07) is 0. The summed E-state index contributed by atoms with van der Waals surface area (Å²) in [5.74, 6) is 0. The normalized spacial score (nSPS) is 49.2. The van der Waals surface area contributed by atoms with Crippen LogP contribution >= 0.6 is 0 Å². The van der Waals surface area contributed by atoms with Crippen LogP contribution in [0.25, 0.3) is 0 Å². The molecule has 1 fully saturated rings. The number of hydrogen-bond donors (Lipinski definition) is 3. The summed E-state index contributed by atoms with van der Waals surface area (Å²) >= 11 is 0. The number of aliphatic hydroxyl groups is 3. The molecule has 1 aliphatic heterocycles. The lowest BCUT2D eigenvalue weighted by molar-refractivity contribution is -0.240. The Balaban J connectivity index is 2.46. The van der Waals surface area contributed by atoms with Gasteiger partial charge in [-0.2, -0.15) is 0 Å². The molecule has 0 spiro atoms. The van der Waals surface area contributed by atoms with Gasteiger partial charge in [0.1, 0.15) is 6.10 Å². The number of aliphatic hydroxyl groups excluding tert-OH is 3. The van der Waals surface area contributed by atoms with Gasteiger partial charge in [-0.05, 0) is 6.92 Å². The molecule has 0 amide bonds. The minimum atomic E-state index is -1.14. The van der Waals surface area contributed by atoms with Crippen molar-refractivity contribution in [3.63, 3.8) is 0 Å². The van der Waals surface area contributed by atoms with E-state index in [0.717, 1.165) is 0 Å². The molecule has 0 aromatic carbocycles. The quantitative estimate of drug-likeness (QED) is 0.405. The van der Waals surface area contributed by atoms with Crippen LogP contribution in [0.4, 0.5) is 0 Å². The molecule has 60 valence electrons. The van der Waals surface area contributed by atoms with E-state index < -0.39 is 24.6 Å². The van der Waals surface area contributed by atoms with Gasteiger partial charge < -0.3 is 20.1 Å². The Morgan fingerprint density at radius 3 is 2.30 bits per heavy atom. The average molecular weight is 148 g/mol. The van der Waals surface area contributed by atoms with Crippen molar-refractivity contribution in [1.29, 1.82) is 0 Å². The molecule has 1 rings (SSSR count). The first kappa shape index (κ1) is 7.94. The van der Waals surface area contributed by atoms with Gasteiger partial charge in [0.15, 0.2) is 6.29 Å². The summed E-state index contributed by atoms with van der Waals surface area (Å²) in [5, 5.41) is 26.9. The van der Waals surface area contributed by atoms with Crippen molar-refractivity contribution in [2.24, 2.45) is 0 Å². The average Bonchev–Trinajstić information content (AvgIpc) is 1.84. The van der Waals surface area contributed by atoms with E-state index in [1.54, 1.807) is 6.92 Å². The van der Waals surface area contributed by atoms with E-state index in [9.17, 15) is 0 Å². The van der Waals surface area contributed by atoms with Gasteiger partial charge in [-0.15, -0.1) is 0 Å². The fourth-order valence-corrected chi connectivity index (χ4v) is 0.957. The maximum atomic E-state index is 9.07. The van der Waals surface area contributed by atoms with Crippen LogP contribution in [0.3, 0.4) is 0 Å². The highest BCUT2D eigenvalue weighted by Crippen LogP contribution is 2.17. The van der Waals surface area contributed by atoms with Crippen LogP contribution in [0.2, 0.25) is 0 Å². The third kappa shape index (κ3) is 1.46. The summed E-state index contributed by atoms with van der Waals surface area (Å²) in [5.41, 5.74) is 0. The molecular weight excluding hydrogens is 136 g/mol. The Labute approximate surface area is 59.1 Å². The van der Waals surface area contributed by atoms with Gasteiger partial charge in [0.2, 0.25) is 0 Å². The monoisotopic (exact) mass is 148 g/mol. The van der Waals surface area contributed by atoms with E-state index in [1.807, 2.05) is 0 Å². The van der Waals surface area contributed by atoms with Crippen LogP contribution in [0, 0.1) is 0 Å². The van der Waals surface area contributed by atoms with Crippen molar-refractivity contribution in [3.05, 3.63) is 0 Å². The molecule has 4 heteroatoms. The van der Waals surface area contributed by atoms with E-state index in [4.69, 9.17) is 20.1 Å². The molecule has 0 unspecified atom stereocenters. The standard InChI is InChI=1S/C6H12O4/c1-3-4(7)2-5(8)6(9)10-3/h3-9H,2H2,1H3/t3-,4-,5-,6-/m0/s1. The number of hydrogen-bond acceptors (Lipinski definition) is 4. The topological polar surface area (TPSA) is 69.9 Å². The molecule has 0 bridgehead atoms. The fraction of sp³-hybridized carbons (Fsp3) is 1.00. The van der Waals surface area contributed by atoms with E-state index in [-0.39, 0.29) is 6.42 Å². The molecule has 0 aromatic rings. The Morgan fingerprint density at radius 1 is 1.20 bits per heavy atom. The lowest BCUT2D eigenvalue weighted by Gasteiger charge is -2.32. The molecule has 0 saturated carbocycles. The first-order valence-corrected chi connectivity index (χ1v) is 3.31. The lowest BCUT2D eigenvalue weighted by Crippen LogP contribution is -2.45. The third-order valence-corrected chi connectivity index (χ3v) is 1.71. The van der Waals surface area contributed by atoms with E-state index in [1.165, 1.54) is 0 Å². The predicted octanol–water partition coefficient (Wildman–Crippen LogP) is -1.16. The highest BCUT2D eigenvalue weighted by Gasteiger charge is 2.32. The molecule has 0 aromatic heterocycles. The van der Waals surface area contributed by atoms with Gasteiger partial charge in [0.25, 0.3) is 0 Å². The van der Waals surface area contributed by atoms with Gasteiger partial charge in [0, 0.05) is 6.42 Å². The van der Waals surface area contributed by atoms with Crippen molar-refractivity contribution in [2.45, 2.75) is 37.9 Å². The zero-order valence-electron chi connectivity index (χ0n) is 5.77. The minimum Gasteiger partial charge on any atom is -0.390 e. The second-order valence-electron chi connectivity index (χ2n) is 2.60. The van der Waals surface area contributed by atoms with Crippen LogP contribution in [-0.4, -0.2) is 39.9 Å². The maximum Gasteiger partial charge on any atom is 0.181 e. The Hall–Kier alpha value is -0.160. The maximum absolute atomic E-state index is 9.07. The third-order valence-electron chi connectivity index (χ3n) is 1.71. The molecule has 1 saturated heterocycles. The molecule has 3 N–H and O–H groups in total. The van der Waals surface area contributed by atoms with Gasteiger partial charge >= 0.3 is 0 Å². The van der Waals surface area contributed by atoms with Gasteiger partial charge in [-0.3, -0.25) is 0 Å². The van der Waals surface area contributed by atoms with E-state index >= 15 is 0 Å². The SMILES string of the molecule is C[C@@H]1O[C@H](O)[C@@H](O)C[C@@H]1O. The summed E-state index contributed by atoms with van der Waals surface area (Å²) in [4.78, 5) is 0. The predicted molar refractivity (Wildman–Crippen MR) is 33.2 cm³/mol. The summed E-state index contributed by atoms with van der Waals surface area (Å²) in [6.07, 6.45) is -2.97. The first-order chi connectivity index (χ1) is 4.61. The molecule has 4 atom stereocenters. The molecule has 0 radical (unpaired) electrons. The molecule has 1 heterocycles. The smallest absolute Gasteiger partial charge is 0.181 e. The summed E-state index contributed by atoms with van der Waals surface area (Å²) in [7, 11) is 0. The van der Waals surface area contributed by atoms with E-state index in [2.05, 4.69) is 0 Å². The molecule has 4 nitrogen and oxygen atoms in total. The lowest BCUT2D eigenvalue weighted by atomic mass is 10.0. The summed E-state index contributed by atoms with van der Waals surface area (Å²) < 4.78 is 4.77. The highest BCUT2D eigenvalue weighted by atomic mass is 16.6. The Morgan fingerprint density at radius 2 is 1.80 bits per heavy atom. The second-order valence-corrected chi connectivity index (χ2v) is 2.60. The van der Waals surface area contributed by atoms with Crippen LogP contribution in [0.15, 0.2) is 0 Å². The van der Waals surface area contributed by atoms with Crippen LogP contribution in [0.1, 0.15) is 13.3 Å². The van der Waals surface area contributed by atoms with Crippen molar-refractivity contribution >= 4 is 0 Å². The fourth-order valence-electron chi connectivity index (χ4n) is 0.957. The van der Waals surface area contributed by atoms with Crippen LogP contribution < -0.4 is 0 Å². The van der Waals surface area contributed by atoms with Gasteiger partial charge in [-0.1, -0.05) is 0 Å². The largest absolute Gasteiger partial charge is 0.390 e. The van der Waals surface area contributed by atoms with Crippen molar-refractivity contribution in [2.75, 3.05) is 0 Å². The highest BCUT2D eigenvalue weighted by molar-refractivity contribution is 4.76. The van der Waals surface area contributed by atoms with Gasteiger partial charge in [0.05, 0.1) is 12.2 Å². The Kier molecular flexibility index (Phi) is 2.25. The molecule has 10 heavy (non-hydrogen) atoms. The molecule has 0 aliphatic carbocycles. The first-order valence-electron chi connectivity index (χ1n) is 3.31. The minimum absolute atomic E-state index is 0.183. The molecule has 1 aliphatic rings. The van der Waals surface area contributed by atoms with Crippen molar-refractivity contribution in [1.82, 2.24) is 0 Å². The Bertz CT molecular complexity index is 90.3. The molecular formula is C6H12O4. The van der Waals surface area contributed by atoms with Crippen LogP contribution in [-0.2, 0) is 4.74 Å². The second kappa shape index (κ2) is 2.84. The van der Waals surface area contributed by atoms with E-state index in [0.29, 0.717) is 0 Å². The number of rotatable bonds is 0. The zero-order chi connectivity index (χ0) is 7.72. The van der Waals surface area contributed by atoms with Crippen molar-refractivity contribution < 1.29 is 20.1 Å². The zero-order valence-corrected chi connectivity index (χ0v) is 5.77. The number of ether oxygens (including phenoxy) is 1. The van der Waals surface area contributed by atoms with Crippen molar-refractivity contribution in [3.8, 4) is 0 Å². The summed E-state index contributed by atoms with van der Waals surface area (Å²) in [6.45, 7) is 1.65. The van der Waals surface area contributed by atoms with Gasteiger partial charge in [-0.25, -0.2) is 0 Å². The van der Waals surface area contributed by atoms with Crippen LogP contribution in [0.5, 0.6) is 0 Å².